The van der Waals surface area contributed by atoms with E-state index in [0.29, 0.717) is 23.3 Å². The molecule has 2 aromatic rings. The maximum atomic E-state index is 10.5. The number of hydrogen-bond acceptors (Lipinski definition) is 6. The molecule has 1 heterocycles. The number of nitro benzene ring substituents is 1. The van der Waals surface area contributed by atoms with Crippen molar-refractivity contribution in [1.29, 1.82) is 0 Å². The van der Waals surface area contributed by atoms with Crippen LogP contribution >= 0.6 is 0 Å². The zero-order valence-electron chi connectivity index (χ0n) is 10.5. The van der Waals surface area contributed by atoms with Gasteiger partial charge in [0.05, 0.1) is 4.92 Å². The molecule has 0 saturated heterocycles. The first-order valence-corrected chi connectivity index (χ1v) is 5.54. The molecular weight excluding hydrogens is 248 g/mol. The Labute approximate surface area is 109 Å². The molecule has 7 nitrogen and oxygen atoms in total. The van der Waals surface area contributed by atoms with Crippen LogP contribution < -0.4 is 10.1 Å². The maximum Gasteiger partial charge on any atom is 0.269 e. The molecule has 1 aromatic heterocycles. The number of non-ortho nitro benzene ring substituents is 1. The van der Waals surface area contributed by atoms with Crippen molar-refractivity contribution in [3.63, 3.8) is 0 Å². The monoisotopic (exact) mass is 260 g/mol. The Morgan fingerprint density at radius 3 is 2.53 bits per heavy atom. The molecule has 0 bridgehead atoms. The first-order valence-electron chi connectivity index (χ1n) is 5.54. The highest BCUT2D eigenvalue weighted by Gasteiger charge is 2.07. The summed E-state index contributed by atoms with van der Waals surface area (Å²) < 4.78 is 5.52. The molecule has 2 rings (SSSR count). The summed E-state index contributed by atoms with van der Waals surface area (Å²) in [6.45, 7) is 1.75. The van der Waals surface area contributed by atoms with Gasteiger partial charge in [-0.3, -0.25) is 10.1 Å². The van der Waals surface area contributed by atoms with Gasteiger partial charge in [0.2, 0.25) is 5.88 Å². The highest BCUT2D eigenvalue weighted by Crippen LogP contribution is 2.23. The van der Waals surface area contributed by atoms with Crippen LogP contribution in [0.2, 0.25) is 0 Å². The van der Waals surface area contributed by atoms with E-state index >= 15 is 0 Å². The van der Waals surface area contributed by atoms with Crippen LogP contribution in [0.1, 0.15) is 5.82 Å². The number of rotatable bonds is 4. The first-order chi connectivity index (χ1) is 9.08. The number of aromatic nitrogens is 2. The van der Waals surface area contributed by atoms with Crippen LogP contribution in [0.15, 0.2) is 30.3 Å². The Bertz CT molecular complexity index is 598. The largest absolute Gasteiger partial charge is 0.439 e. The molecular formula is C12H12N4O3. The molecule has 1 N–H and O–H groups in total. The number of nitro groups is 1. The van der Waals surface area contributed by atoms with Gasteiger partial charge in [-0.05, 0) is 19.1 Å². The van der Waals surface area contributed by atoms with E-state index in [-0.39, 0.29) is 5.69 Å². The Morgan fingerprint density at radius 2 is 1.95 bits per heavy atom. The van der Waals surface area contributed by atoms with Crippen LogP contribution in [0, 0.1) is 17.0 Å². The molecule has 0 atom stereocenters. The molecule has 98 valence electrons. The van der Waals surface area contributed by atoms with Crippen molar-refractivity contribution in [2.24, 2.45) is 0 Å². The predicted octanol–water partition coefficient (Wildman–Crippen LogP) is 2.53. The Kier molecular flexibility index (Phi) is 3.56. The molecule has 19 heavy (non-hydrogen) atoms. The summed E-state index contributed by atoms with van der Waals surface area (Å²) in [5.41, 5.74) is 0.0159. The van der Waals surface area contributed by atoms with E-state index < -0.39 is 4.92 Å². The van der Waals surface area contributed by atoms with Gasteiger partial charge in [-0.15, -0.1) is 0 Å². The normalized spacial score (nSPS) is 10.0. The van der Waals surface area contributed by atoms with Crippen LogP contribution in [0.5, 0.6) is 11.6 Å². The number of nitrogens with zero attached hydrogens (tertiary/aromatic N) is 3. The fourth-order valence-corrected chi connectivity index (χ4v) is 1.48. The number of anilines is 1. The third-order valence-corrected chi connectivity index (χ3v) is 2.34. The van der Waals surface area contributed by atoms with Crippen LogP contribution in [0.4, 0.5) is 11.5 Å². The zero-order chi connectivity index (χ0) is 13.8. The van der Waals surface area contributed by atoms with Crippen molar-refractivity contribution in [3.8, 4) is 11.6 Å². The van der Waals surface area contributed by atoms with Gasteiger partial charge >= 0.3 is 0 Å². The molecule has 0 aliphatic heterocycles. The van der Waals surface area contributed by atoms with E-state index in [1.807, 2.05) is 0 Å². The predicted molar refractivity (Wildman–Crippen MR) is 69.5 cm³/mol. The van der Waals surface area contributed by atoms with Crippen LogP contribution in [-0.2, 0) is 0 Å². The standard InChI is InChI=1S/C12H12N4O3/c1-8-14-11(13-2)7-12(15-8)19-10-5-3-9(4-6-10)16(17)18/h3-7H,1-2H3,(H,13,14,15). The summed E-state index contributed by atoms with van der Waals surface area (Å²) in [6, 6.07) is 7.45. The Hall–Kier alpha value is -2.70. The minimum atomic E-state index is -0.461. The quantitative estimate of drug-likeness (QED) is 0.671. The molecule has 0 saturated carbocycles. The SMILES string of the molecule is CNc1cc(Oc2ccc([N+](=O)[O-])cc2)nc(C)n1. The van der Waals surface area contributed by atoms with Crippen molar-refractivity contribution in [1.82, 2.24) is 9.97 Å². The lowest BCUT2D eigenvalue weighted by atomic mass is 10.3. The average molecular weight is 260 g/mol. The fraction of sp³-hybridized carbons (Fsp3) is 0.167. The molecule has 1 aromatic carbocycles. The number of aryl methyl sites for hydroxylation is 1. The van der Waals surface area contributed by atoms with Gasteiger partial charge in [-0.2, -0.15) is 4.98 Å². The van der Waals surface area contributed by atoms with E-state index in [1.165, 1.54) is 24.3 Å². The summed E-state index contributed by atoms with van der Waals surface area (Å²) in [5.74, 6) is 2.07. The van der Waals surface area contributed by atoms with Gasteiger partial charge < -0.3 is 10.1 Å². The lowest BCUT2D eigenvalue weighted by Gasteiger charge is -2.07. The van der Waals surface area contributed by atoms with E-state index in [1.54, 1.807) is 20.0 Å². The van der Waals surface area contributed by atoms with Crippen molar-refractivity contribution >= 4 is 11.5 Å². The maximum absolute atomic E-state index is 10.5. The summed E-state index contributed by atoms with van der Waals surface area (Å²) in [4.78, 5) is 18.3. The summed E-state index contributed by atoms with van der Waals surface area (Å²) >= 11 is 0. The zero-order valence-corrected chi connectivity index (χ0v) is 10.5. The molecule has 0 fully saturated rings. The van der Waals surface area contributed by atoms with Crippen molar-refractivity contribution in [2.45, 2.75) is 6.92 Å². The van der Waals surface area contributed by atoms with Gasteiger partial charge in [0.1, 0.15) is 17.4 Å². The average Bonchev–Trinajstić information content (AvgIpc) is 2.38. The van der Waals surface area contributed by atoms with Gasteiger partial charge in [0, 0.05) is 25.2 Å². The van der Waals surface area contributed by atoms with E-state index in [2.05, 4.69) is 15.3 Å². The molecule has 0 spiro atoms. The van der Waals surface area contributed by atoms with Crippen molar-refractivity contribution in [3.05, 3.63) is 46.3 Å². The van der Waals surface area contributed by atoms with E-state index in [9.17, 15) is 10.1 Å². The fourth-order valence-electron chi connectivity index (χ4n) is 1.48. The Morgan fingerprint density at radius 1 is 1.26 bits per heavy atom. The number of ether oxygens (including phenoxy) is 1. The minimum absolute atomic E-state index is 0.0159. The van der Waals surface area contributed by atoms with E-state index in [4.69, 9.17) is 4.74 Å². The third-order valence-electron chi connectivity index (χ3n) is 2.34. The van der Waals surface area contributed by atoms with Crippen LogP contribution in [0.25, 0.3) is 0 Å². The van der Waals surface area contributed by atoms with Gasteiger partial charge in [-0.1, -0.05) is 0 Å². The smallest absolute Gasteiger partial charge is 0.269 e. The van der Waals surface area contributed by atoms with Crippen LogP contribution in [-0.4, -0.2) is 21.9 Å². The van der Waals surface area contributed by atoms with Crippen LogP contribution in [0.3, 0.4) is 0 Å². The molecule has 0 unspecified atom stereocenters. The number of hydrogen-bond donors (Lipinski definition) is 1. The highest BCUT2D eigenvalue weighted by molar-refractivity contribution is 5.41. The first kappa shape index (κ1) is 12.7. The summed E-state index contributed by atoms with van der Waals surface area (Å²) in [6.07, 6.45) is 0. The second-order valence-electron chi connectivity index (χ2n) is 3.74. The molecule has 0 radical (unpaired) electrons. The summed E-state index contributed by atoms with van der Waals surface area (Å²) in [5, 5.41) is 13.4. The van der Waals surface area contributed by atoms with Gasteiger partial charge in [0.15, 0.2) is 0 Å². The lowest BCUT2D eigenvalue weighted by Crippen LogP contribution is -1.98. The number of nitrogens with one attached hydrogen (secondary N) is 1. The van der Waals surface area contributed by atoms with Gasteiger partial charge in [0.25, 0.3) is 5.69 Å². The topological polar surface area (TPSA) is 90.2 Å². The summed E-state index contributed by atoms with van der Waals surface area (Å²) in [7, 11) is 1.75. The lowest BCUT2D eigenvalue weighted by molar-refractivity contribution is -0.384. The second kappa shape index (κ2) is 5.30. The Balaban J connectivity index is 2.21. The minimum Gasteiger partial charge on any atom is -0.439 e. The third kappa shape index (κ3) is 3.15. The molecule has 0 amide bonds. The molecule has 0 aliphatic rings. The van der Waals surface area contributed by atoms with E-state index in [0.717, 1.165) is 0 Å². The van der Waals surface area contributed by atoms with Crippen molar-refractivity contribution < 1.29 is 9.66 Å². The van der Waals surface area contributed by atoms with Gasteiger partial charge in [-0.25, -0.2) is 4.98 Å². The second-order valence-corrected chi connectivity index (χ2v) is 3.74. The highest BCUT2D eigenvalue weighted by atomic mass is 16.6. The van der Waals surface area contributed by atoms with Crippen molar-refractivity contribution in [2.75, 3.05) is 12.4 Å². The molecule has 7 heteroatoms. The molecule has 0 aliphatic carbocycles. The number of benzene rings is 1.